The number of anilines is 1. The van der Waals surface area contributed by atoms with Crippen LogP contribution in [-0.4, -0.2) is 88.3 Å². The number of carbonyl (C=O) groups is 2. The summed E-state index contributed by atoms with van der Waals surface area (Å²) in [6.45, 7) is 4.62. The summed E-state index contributed by atoms with van der Waals surface area (Å²) in [6.07, 6.45) is 4.66. The summed E-state index contributed by atoms with van der Waals surface area (Å²) < 4.78 is 12.7. The summed E-state index contributed by atoms with van der Waals surface area (Å²) in [7, 11) is 7.12. The van der Waals surface area contributed by atoms with Gasteiger partial charge >= 0.3 is 11.9 Å². The van der Waals surface area contributed by atoms with Crippen molar-refractivity contribution in [1.29, 1.82) is 0 Å². The molecule has 2 fully saturated rings. The fourth-order valence-electron chi connectivity index (χ4n) is 5.01. The number of thiophene rings is 2. The number of nitrogens with two attached hydrogens (primary N) is 1. The maximum atomic E-state index is 11.7. The van der Waals surface area contributed by atoms with Gasteiger partial charge in [0.05, 0.1) is 24.6 Å². The van der Waals surface area contributed by atoms with E-state index in [1.165, 1.54) is 62.8 Å². The molecule has 0 unspecified atom stereocenters. The van der Waals surface area contributed by atoms with Gasteiger partial charge in [0, 0.05) is 26.6 Å². The number of esters is 2. The Morgan fingerprint density at radius 3 is 2.02 bits per heavy atom. The minimum atomic E-state index is -0.280. The van der Waals surface area contributed by atoms with E-state index < -0.39 is 0 Å². The van der Waals surface area contributed by atoms with Crippen LogP contribution >= 0.6 is 38.6 Å². The molecule has 43 heavy (non-hydrogen) atoms. The summed E-state index contributed by atoms with van der Waals surface area (Å²) >= 11 is 6.37. The van der Waals surface area contributed by atoms with E-state index in [2.05, 4.69) is 55.9 Å². The number of nitrogens with one attached hydrogen (secondary N) is 1. The second-order valence-corrected chi connectivity index (χ2v) is 13.9. The van der Waals surface area contributed by atoms with Crippen LogP contribution < -0.4 is 11.1 Å². The van der Waals surface area contributed by atoms with E-state index in [0.717, 1.165) is 56.3 Å². The molecule has 2 aliphatic heterocycles. The van der Waals surface area contributed by atoms with Crippen LogP contribution in [0.15, 0.2) is 53.0 Å². The Bertz CT molecular complexity index is 1500. The Balaban J connectivity index is 0.000000165. The third-order valence-electron chi connectivity index (χ3n) is 7.67. The van der Waals surface area contributed by atoms with Gasteiger partial charge in [0.1, 0.15) is 9.75 Å². The van der Waals surface area contributed by atoms with Gasteiger partial charge < -0.3 is 30.3 Å². The van der Waals surface area contributed by atoms with E-state index in [-0.39, 0.29) is 11.9 Å². The molecule has 0 saturated carbocycles. The zero-order chi connectivity index (χ0) is 30.9. The minimum Gasteiger partial charge on any atom is -0.465 e. The van der Waals surface area contributed by atoms with Crippen molar-refractivity contribution in [2.75, 3.05) is 59.8 Å². The smallest absolute Gasteiger partial charge is 0.348 e. The van der Waals surface area contributed by atoms with E-state index in [4.69, 9.17) is 10.5 Å². The highest BCUT2D eigenvalue weighted by atomic mass is 79.9. The van der Waals surface area contributed by atoms with Crippen molar-refractivity contribution in [2.24, 2.45) is 5.73 Å². The molecule has 2 aliphatic rings. The SMILES string of the molecule is CN1CCC(N)CC1.COC(=O)c1cc2c(Br)cccc2s1.COC(=O)c1cc2cccc(NC3CCN(C)CC3)c2s1. The first-order valence-electron chi connectivity index (χ1n) is 14.4. The Morgan fingerprint density at radius 1 is 0.860 bits per heavy atom. The van der Waals surface area contributed by atoms with Crippen molar-refractivity contribution in [1.82, 2.24) is 9.80 Å². The predicted molar refractivity (Wildman–Crippen MR) is 183 cm³/mol. The summed E-state index contributed by atoms with van der Waals surface area (Å²) in [5, 5.41) is 5.80. The van der Waals surface area contributed by atoms with E-state index in [1.807, 2.05) is 42.5 Å². The molecule has 0 aliphatic carbocycles. The van der Waals surface area contributed by atoms with E-state index in [0.29, 0.717) is 21.8 Å². The fourth-order valence-corrected chi connectivity index (χ4v) is 7.68. The maximum Gasteiger partial charge on any atom is 0.348 e. The number of rotatable bonds is 4. The Hall–Kier alpha value is -2.54. The van der Waals surface area contributed by atoms with Crippen molar-refractivity contribution in [2.45, 2.75) is 37.8 Å². The molecule has 3 N–H and O–H groups in total. The zero-order valence-electron chi connectivity index (χ0n) is 25.2. The first kappa shape index (κ1) is 33.4. The van der Waals surface area contributed by atoms with Gasteiger partial charge in [-0.25, -0.2) is 9.59 Å². The highest BCUT2D eigenvalue weighted by Gasteiger charge is 2.19. The molecule has 2 aromatic heterocycles. The molecule has 4 heterocycles. The van der Waals surface area contributed by atoms with Crippen LogP contribution in [0.1, 0.15) is 45.0 Å². The number of benzene rings is 2. The van der Waals surface area contributed by atoms with Crippen LogP contribution in [-0.2, 0) is 9.47 Å². The number of fused-ring (bicyclic) bond motifs is 2. The Morgan fingerprint density at radius 2 is 1.44 bits per heavy atom. The summed E-state index contributed by atoms with van der Waals surface area (Å²) in [5.74, 6) is -0.542. The van der Waals surface area contributed by atoms with Gasteiger partial charge in [-0.3, -0.25) is 0 Å². The Kier molecular flexibility index (Phi) is 12.4. The molecule has 6 rings (SSSR count). The standard InChI is InChI=1S/C16H20N2O2S.C10H7BrO2S.C6H14N2/c1-18-8-6-12(7-9-18)17-13-5-3-4-11-10-14(16(19)20-2)21-15(11)13;1-13-10(12)9-5-6-7(11)3-2-4-8(6)14-9;1-8-4-2-6(7)3-5-8/h3-5,10,12,17H,6-9H2,1-2H3;2-5H,1H3;6H,2-5,7H2,1H3. The molecule has 0 amide bonds. The number of carbonyl (C=O) groups excluding carboxylic acids is 2. The molecule has 0 radical (unpaired) electrons. The van der Waals surface area contributed by atoms with Crippen molar-refractivity contribution in [3.8, 4) is 0 Å². The molecular weight excluding hydrogens is 648 g/mol. The normalized spacial score (nSPS) is 16.6. The van der Waals surface area contributed by atoms with Crippen LogP contribution in [0, 0.1) is 0 Å². The summed E-state index contributed by atoms with van der Waals surface area (Å²) in [4.78, 5) is 28.9. The lowest BCUT2D eigenvalue weighted by molar-refractivity contribution is 0.0597. The molecule has 2 aromatic carbocycles. The number of piperidine rings is 2. The average Bonchev–Trinajstić information content (AvgIpc) is 3.66. The number of methoxy groups -OCH3 is 2. The summed E-state index contributed by atoms with van der Waals surface area (Å²) in [5.41, 5.74) is 6.80. The molecular formula is C32H41BrN4O4S2. The van der Waals surface area contributed by atoms with Gasteiger partial charge in [-0.15, -0.1) is 22.7 Å². The average molecular weight is 690 g/mol. The van der Waals surface area contributed by atoms with Crippen LogP contribution in [0.2, 0.25) is 0 Å². The van der Waals surface area contributed by atoms with Crippen LogP contribution in [0.3, 0.4) is 0 Å². The lowest BCUT2D eigenvalue weighted by Gasteiger charge is -2.30. The van der Waals surface area contributed by atoms with Crippen molar-refractivity contribution in [3.63, 3.8) is 0 Å². The molecule has 0 atom stereocenters. The van der Waals surface area contributed by atoms with Crippen LogP contribution in [0.25, 0.3) is 20.2 Å². The van der Waals surface area contributed by atoms with Gasteiger partial charge in [0.2, 0.25) is 0 Å². The van der Waals surface area contributed by atoms with E-state index in [9.17, 15) is 9.59 Å². The molecule has 0 bridgehead atoms. The van der Waals surface area contributed by atoms with E-state index in [1.54, 1.807) is 0 Å². The fraction of sp³-hybridized carbons (Fsp3) is 0.438. The molecule has 11 heteroatoms. The highest BCUT2D eigenvalue weighted by molar-refractivity contribution is 9.10. The number of ether oxygens (including phenoxy) is 2. The van der Waals surface area contributed by atoms with E-state index >= 15 is 0 Å². The van der Waals surface area contributed by atoms with Gasteiger partial charge in [-0.05, 0) is 102 Å². The van der Waals surface area contributed by atoms with Crippen LogP contribution in [0.4, 0.5) is 5.69 Å². The quantitative estimate of drug-likeness (QED) is 0.229. The monoisotopic (exact) mass is 688 g/mol. The minimum absolute atomic E-state index is 0.263. The molecule has 232 valence electrons. The highest BCUT2D eigenvalue weighted by Crippen LogP contribution is 2.34. The first-order valence-corrected chi connectivity index (χ1v) is 16.9. The number of hydrogen-bond acceptors (Lipinski definition) is 10. The second-order valence-electron chi connectivity index (χ2n) is 10.9. The molecule has 2 saturated heterocycles. The third kappa shape index (κ3) is 9.23. The topological polar surface area (TPSA) is 97.1 Å². The lowest BCUT2D eigenvalue weighted by Crippen LogP contribution is -2.37. The molecule has 4 aromatic rings. The van der Waals surface area contributed by atoms with Gasteiger partial charge in [0.15, 0.2) is 0 Å². The number of nitrogens with zero attached hydrogens (tertiary/aromatic N) is 2. The first-order chi connectivity index (χ1) is 20.7. The van der Waals surface area contributed by atoms with Gasteiger partial charge in [-0.1, -0.05) is 34.1 Å². The van der Waals surface area contributed by atoms with Gasteiger partial charge in [0.25, 0.3) is 0 Å². The molecule has 8 nitrogen and oxygen atoms in total. The zero-order valence-corrected chi connectivity index (χ0v) is 28.4. The number of likely N-dealkylation sites (tertiary alicyclic amines) is 2. The third-order valence-corrected chi connectivity index (χ3v) is 10.6. The lowest BCUT2D eigenvalue weighted by atomic mass is 10.1. The number of halogens is 1. The van der Waals surface area contributed by atoms with Crippen molar-refractivity contribution in [3.05, 3.63) is 62.8 Å². The Labute approximate surface area is 270 Å². The largest absolute Gasteiger partial charge is 0.465 e. The van der Waals surface area contributed by atoms with Gasteiger partial charge in [-0.2, -0.15) is 0 Å². The second kappa shape index (κ2) is 16.0. The molecule has 0 spiro atoms. The number of hydrogen-bond donors (Lipinski definition) is 2. The predicted octanol–water partition coefficient (Wildman–Crippen LogP) is 6.68. The summed E-state index contributed by atoms with van der Waals surface area (Å²) in [6, 6.07) is 16.8. The van der Waals surface area contributed by atoms with Crippen molar-refractivity contribution >= 4 is 76.4 Å². The van der Waals surface area contributed by atoms with Crippen molar-refractivity contribution < 1.29 is 19.1 Å². The maximum absolute atomic E-state index is 11.7. The van der Waals surface area contributed by atoms with Crippen LogP contribution in [0.5, 0.6) is 0 Å².